The van der Waals surface area contributed by atoms with E-state index in [1.165, 1.54) is 9.47 Å². The highest BCUT2D eigenvalue weighted by Gasteiger charge is 2.14. The number of carbonyl (C=O) groups excluding carboxylic acids is 1. The standard InChI is InChI=1S/C23H26ClN3O4/c1-25-19-11-10-17(15-20(19)26(2)22(25)29)21(28)9-5-6-13-27(23(30)31)14-12-16-7-3-4-8-18(16)24/h3-4,7-8,10-11,15H,5-6,9,12-14H2,1-2H3,(H,30,31). The summed E-state index contributed by atoms with van der Waals surface area (Å²) in [4.78, 5) is 37.5. The molecule has 0 bridgehead atoms. The number of fused-ring (bicyclic) bond motifs is 1. The van der Waals surface area contributed by atoms with Crippen LogP contribution in [-0.4, -0.2) is 44.1 Å². The molecule has 31 heavy (non-hydrogen) atoms. The summed E-state index contributed by atoms with van der Waals surface area (Å²) in [6.07, 6.45) is 1.06. The molecule has 1 heterocycles. The lowest BCUT2D eigenvalue weighted by molar-refractivity contribution is 0.0978. The van der Waals surface area contributed by atoms with E-state index in [-0.39, 0.29) is 11.5 Å². The summed E-state index contributed by atoms with van der Waals surface area (Å²) in [5.41, 5.74) is 2.83. The van der Waals surface area contributed by atoms with Crippen molar-refractivity contribution < 1.29 is 14.7 Å². The highest BCUT2D eigenvalue weighted by Crippen LogP contribution is 2.17. The maximum absolute atomic E-state index is 12.6. The Kier molecular flexibility index (Phi) is 7.17. The van der Waals surface area contributed by atoms with E-state index in [0.717, 1.165) is 16.6 Å². The summed E-state index contributed by atoms with van der Waals surface area (Å²) in [7, 11) is 3.38. The van der Waals surface area contributed by atoms with Crippen LogP contribution in [0.15, 0.2) is 47.3 Å². The monoisotopic (exact) mass is 443 g/mol. The first-order chi connectivity index (χ1) is 14.8. The second kappa shape index (κ2) is 9.83. The van der Waals surface area contributed by atoms with E-state index in [1.54, 1.807) is 42.9 Å². The average molecular weight is 444 g/mol. The smallest absolute Gasteiger partial charge is 0.407 e. The van der Waals surface area contributed by atoms with E-state index in [2.05, 4.69) is 0 Å². The van der Waals surface area contributed by atoms with E-state index >= 15 is 0 Å². The van der Waals surface area contributed by atoms with Crippen LogP contribution < -0.4 is 5.69 Å². The summed E-state index contributed by atoms with van der Waals surface area (Å²) >= 11 is 6.14. The van der Waals surface area contributed by atoms with Crippen molar-refractivity contribution >= 4 is 34.5 Å². The third-order valence-electron chi connectivity index (χ3n) is 5.56. The largest absolute Gasteiger partial charge is 0.465 e. The van der Waals surface area contributed by atoms with Gasteiger partial charge >= 0.3 is 11.8 Å². The Hall–Kier alpha value is -3.06. The number of hydrogen-bond acceptors (Lipinski definition) is 3. The number of aryl methyl sites for hydroxylation is 2. The lowest BCUT2D eigenvalue weighted by Gasteiger charge is -2.19. The predicted octanol–water partition coefficient (Wildman–Crippen LogP) is 4.11. The minimum Gasteiger partial charge on any atom is -0.465 e. The van der Waals surface area contributed by atoms with Crippen LogP contribution in [0.25, 0.3) is 11.0 Å². The minimum absolute atomic E-state index is 0.0175. The first-order valence-corrected chi connectivity index (χ1v) is 10.6. The molecule has 0 saturated carbocycles. The summed E-state index contributed by atoms with van der Waals surface area (Å²) in [6.45, 7) is 0.713. The van der Waals surface area contributed by atoms with Crippen LogP contribution in [0.5, 0.6) is 0 Å². The van der Waals surface area contributed by atoms with Crippen molar-refractivity contribution in [3.63, 3.8) is 0 Å². The Morgan fingerprint density at radius 3 is 2.42 bits per heavy atom. The third-order valence-corrected chi connectivity index (χ3v) is 5.92. The maximum atomic E-state index is 12.6. The van der Waals surface area contributed by atoms with E-state index < -0.39 is 6.09 Å². The van der Waals surface area contributed by atoms with Gasteiger partial charge in [0.25, 0.3) is 0 Å². The number of Topliss-reactive ketones (excluding diaryl/α,β-unsaturated/α-hetero) is 1. The lowest BCUT2D eigenvalue weighted by Crippen LogP contribution is -2.32. The van der Waals surface area contributed by atoms with Crippen LogP contribution in [0, 0.1) is 0 Å². The third kappa shape index (κ3) is 5.17. The van der Waals surface area contributed by atoms with Gasteiger partial charge in [-0.25, -0.2) is 9.59 Å². The van der Waals surface area contributed by atoms with Gasteiger partial charge in [-0.2, -0.15) is 0 Å². The first-order valence-electron chi connectivity index (χ1n) is 10.2. The fourth-order valence-electron chi connectivity index (χ4n) is 3.67. The molecule has 8 heteroatoms. The second-order valence-electron chi connectivity index (χ2n) is 7.60. The number of halogens is 1. The molecule has 0 saturated heterocycles. The molecule has 0 aliphatic carbocycles. The molecule has 0 atom stereocenters. The number of ketones is 1. The number of unbranched alkanes of at least 4 members (excludes halogenated alkanes) is 1. The van der Waals surface area contributed by atoms with Crippen LogP contribution in [0.2, 0.25) is 5.02 Å². The number of carboxylic acid groups (broad SMARTS) is 1. The van der Waals surface area contributed by atoms with Crippen molar-refractivity contribution in [1.29, 1.82) is 0 Å². The van der Waals surface area contributed by atoms with Gasteiger partial charge in [0.1, 0.15) is 0 Å². The highest BCUT2D eigenvalue weighted by molar-refractivity contribution is 6.31. The van der Waals surface area contributed by atoms with Gasteiger partial charge in [0.15, 0.2) is 5.78 Å². The zero-order chi connectivity index (χ0) is 22.5. The number of amides is 1. The van der Waals surface area contributed by atoms with Gasteiger partial charge in [0.05, 0.1) is 11.0 Å². The number of benzene rings is 2. The quantitative estimate of drug-likeness (QED) is 0.398. The molecule has 0 aliphatic heterocycles. The average Bonchev–Trinajstić information content (AvgIpc) is 2.97. The lowest BCUT2D eigenvalue weighted by atomic mass is 10.0. The minimum atomic E-state index is -0.978. The van der Waals surface area contributed by atoms with E-state index in [0.29, 0.717) is 49.4 Å². The van der Waals surface area contributed by atoms with Crippen LogP contribution in [0.4, 0.5) is 4.79 Å². The molecule has 0 fully saturated rings. The van der Waals surface area contributed by atoms with Gasteiger partial charge in [-0.05, 0) is 49.1 Å². The zero-order valence-electron chi connectivity index (χ0n) is 17.7. The first kappa shape index (κ1) is 22.6. The number of aromatic nitrogens is 2. The van der Waals surface area contributed by atoms with Crippen molar-refractivity contribution in [3.8, 4) is 0 Å². The molecule has 3 aromatic rings. The Labute approximate surface area is 185 Å². The second-order valence-corrected chi connectivity index (χ2v) is 8.00. The van der Waals surface area contributed by atoms with Crippen molar-refractivity contribution in [2.75, 3.05) is 13.1 Å². The number of hydrogen-bond donors (Lipinski definition) is 1. The molecular weight excluding hydrogens is 418 g/mol. The van der Waals surface area contributed by atoms with E-state index in [1.807, 2.05) is 18.2 Å². The Morgan fingerprint density at radius 1 is 1.00 bits per heavy atom. The molecule has 1 N–H and O–H groups in total. The Morgan fingerprint density at radius 2 is 1.71 bits per heavy atom. The molecule has 0 aliphatic rings. The zero-order valence-corrected chi connectivity index (χ0v) is 18.4. The molecule has 7 nitrogen and oxygen atoms in total. The fourth-order valence-corrected chi connectivity index (χ4v) is 3.90. The molecule has 1 aromatic heterocycles. The molecule has 0 unspecified atom stereocenters. The number of rotatable bonds is 9. The summed E-state index contributed by atoms with van der Waals surface area (Å²) in [5.74, 6) is -0.0175. The molecule has 1 amide bonds. The van der Waals surface area contributed by atoms with Crippen molar-refractivity contribution in [2.45, 2.75) is 25.7 Å². The Balaban J connectivity index is 1.52. The van der Waals surface area contributed by atoms with Crippen molar-refractivity contribution in [3.05, 3.63) is 69.1 Å². The summed E-state index contributed by atoms with van der Waals surface area (Å²) < 4.78 is 3.07. The Bertz CT molecular complexity index is 1170. The molecule has 0 spiro atoms. The molecule has 3 rings (SSSR count). The number of carbonyl (C=O) groups is 2. The van der Waals surface area contributed by atoms with Gasteiger partial charge in [0, 0.05) is 44.2 Å². The van der Waals surface area contributed by atoms with Crippen molar-refractivity contribution in [1.82, 2.24) is 14.0 Å². The molecule has 164 valence electrons. The topological polar surface area (TPSA) is 84.5 Å². The van der Waals surface area contributed by atoms with Gasteiger partial charge in [-0.3, -0.25) is 13.9 Å². The van der Waals surface area contributed by atoms with Crippen LogP contribution in [0.3, 0.4) is 0 Å². The normalized spacial score (nSPS) is 11.1. The van der Waals surface area contributed by atoms with Gasteiger partial charge in [0.2, 0.25) is 0 Å². The fraction of sp³-hybridized carbons (Fsp3) is 0.348. The van der Waals surface area contributed by atoms with Gasteiger partial charge < -0.3 is 10.0 Å². The maximum Gasteiger partial charge on any atom is 0.407 e. The predicted molar refractivity (Wildman–Crippen MR) is 121 cm³/mol. The van der Waals surface area contributed by atoms with Crippen molar-refractivity contribution in [2.24, 2.45) is 14.1 Å². The van der Waals surface area contributed by atoms with Crippen LogP contribution in [-0.2, 0) is 20.5 Å². The number of imidazole rings is 1. The van der Waals surface area contributed by atoms with Crippen LogP contribution in [0.1, 0.15) is 35.2 Å². The van der Waals surface area contributed by atoms with E-state index in [9.17, 15) is 19.5 Å². The highest BCUT2D eigenvalue weighted by atomic mass is 35.5. The SMILES string of the molecule is Cn1c(=O)n(C)c2cc(C(=O)CCCCN(CCc3ccccc3Cl)C(=O)O)ccc21. The molecule has 0 radical (unpaired) electrons. The summed E-state index contributed by atoms with van der Waals surface area (Å²) in [5, 5.41) is 10.1. The van der Waals surface area contributed by atoms with E-state index in [4.69, 9.17) is 11.6 Å². The number of nitrogens with zero attached hydrogens (tertiary/aromatic N) is 3. The van der Waals surface area contributed by atoms with Gasteiger partial charge in [-0.1, -0.05) is 29.8 Å². The molecular formula is C23H26ClN3O4. The summed E-state index contributed by atoms with van der Waals surface area (Å²) in [6, 6.07) is 12.7. The van der Waals surface area contributed by atoms with Gasteiger partial charge in [-0.15, -0.1) is 0 Å². The van der Waals surface area contributed by atoms with Crippen LogP contribution >= 0.6 is 11.6 Å². The molecule has 2 aromatic carbocycles.